The van der Waals surface area contributed by atoms with Crippen molar-refractivity contribution in [2.75, 3.05) is 18.8 Å². The SMILES string of the molecule is CCOc1ccc(OCSC)cc1. The average molecular weight is 198 g/mol. The largest absolute Gasteiger partial charge is 0.494 e. The van der Waals surface area contributed by atoms with Gasteiger partial charge in [0.1, 0.15) is 17.4 Å². The fraction of sp³-hybridized carbons (Fsp3) is 0.400. The maximum absolute atomic E-state index is 5.40. The van der Waals surface area contributed by atoms with Crippen molar-refractivity contribution in [1.82, 2.24) is 0 Å². The van der Waals surface area contributed by atoms with Crippen molar-refractivity contribution in [2.45, 2.75) is 6.92 Å². The van der Waals surface area contributed by atoms with E-state index in [0.717, 1.165) is 11.5 Å². The molecule has 0 aliphatic heterocycles. The van der Waals surface area contributed by atoms with E-state index in [-0.39, 0.29) is 0 Å². The minimum atomic E-state index is 0.688. The van der Waals surface area contributed by atoms with Gasteiger partial charge in [-0.15, -0.1) is 11.8 Å². The van der Waals surface area contributed by atoms with Gasteiger partial charge in [-0.05, 0) is 37.4 Å². The Labute approximate surface area is 83.2 Å². The summed E-state index contributed by atoms with van der Waals surface area (Å²) in [7, 11) is 0. The quantitative estimate of drug-likeness (QED) is 0.678. The summed E-state index contributed by atoms with van der Waals surface area (Å²) in [4.78, 5) is 0. The van der Waals surface area contributed by atoms with E-state index in [1.807, 2.05) is 37.4 Å². The maximum atomic E-state index is 5.40. The molecular weight excluding hydrogens is 184 g/mol. The Morgan fingerprint density at radius 2 is 1.62 bits per heavy atom. The highest BCUT2D eigenvalue weighted by Gasteiger charge is 1.94. The summed E-state index contributed by atoms with van der Waals surface area (Å²) in [6.07, 6.45) is 2.01. The van der Waals surface area contributed by atoms with Crippen molar-refractivity contribution < 1.29 is 9.47 Å². The van der Waals surface area contributed by atoms with Gasteiger partial charge in [-0.25, -0.2) is 0 Å². The average Bonchev–Trinajstić information content (AvgIpc) is 2.17. The van der Waals surface area contributed by atoms with Crippen LogP contribution in [0.4, 0.5) is 0 Å². The summed E-state index contributed by atoms with van der Waals surface area (Å²) < 4.78 is 10.7. The molecule has 0 saturated carbocycles. The molecule has 13 heavy (non-hydrogen) atoms. The molecule has 0 radical (unpaired) electrons. The van der Waals surface area contributed by atoms with Crippen LogP contribution in [0.15, 0.2) is 24.3 Å². The molecule has 0 spiro atoms. The fourth-order valence-electron chi connectivity index (χ4n) is 0.926. The Morgan fingerprint density at radius 1 is 1.08 bits per heavy atom. The van der Waals surface area contributed by atoms with Crippen molar-refractivity contribution in [1.29, 1.82) is 0 Å². The first-order valence-electron chi connectivity index (χ1n) is 4.21. The van der Waals surface area contributed by atoms with Gasteiger partial charge >= 0.3 is 0 Å². The summed E-state index contributed by atoms with van der Waals surface area (Å²) in [6, 6.07) is 7.67. The lowest BCUT2D eigenvalue weighted by Crippen LogP contribution is -1.93. The lowest BCUT2D eigenvalue weighted by Gasteiger charge is -2.05. The first-order chi connectivity index (χ1) is 6.36. The number of benzene rings is 1. The van der Waals surface area contributed by atoms with Crippen LogP contribution in [-0.2, 0) is 0 Å². The lowest BCUT2D eigenvalue weighted by atomic mass is 10.3. The number of hydrogen-bond acceptors (Lipinski definition) is 3. The summed E-state index contributed by atoms with van der Waals surface area (Å²) >= 11 is 1.66. The molecule has 0 aliphatic carbocycles. The van der Waals surface area contributed by atoms with Gasteiger partial charge in [0, 0.05) is 0 Å². The third kappa shape index (κ3) is 3.59. The van der Waals surface area contributed by atoms with E-state index < -0.39 is 0 Å². The highest BCUT2D eigenvalue weighted by molar-refractivity contribution is 7.98. The molecule has 0 heterocycles. The Bertz CT molecular complexity index is 233. The van der Waals surface area contributed by atoms with Crippen LogP contribution in [0.5, 0.6) is 11.5 Å². The molecule has 0 fully saturated rings. The zero-order valence-corrected chi connectivity index (χ0v) is 8.76. The second-order valence-corrected chi connectivity index (χ2v) is 3.27. The second kappa shape index (κ2) is 5.75. The van der Waals surface area contributed by atoms with Crippen LogP contribution in [-0.4, -0.2) is 18.8 Å². The molecule has 72 valence electrons. The van der Waals surface area contributed by atoms with Crippen molar-refractivity contribution in [2.24, 2.45) is 0 Å². The minimum Gasteiger partial charge on any atom is -0.494 e. The van der Waals surface area contributed by atoms with Crippen molar-refractivity contribution in [3.05, 3.63) is 24.3 Å². The topological polar surface area (TPSA) is 18.5 Å². The Hall–Kier alpha value is -0.830. The standard InChI is InChI=1S/C10H14O2S/c1-3-11-9-4-6-10(7-5-9)12-8-13-2/h4-7H,3,8H2,1-2H3. The molecule has 0 aromatic heterocycles. The molecule has 2 nitrogen and oxygen atoms in total. The molecule has 0 unspecified atom stereocenters. The summed E-state index contributed by atoms with van der Waals surface area (Å²) in [6.45, 7) is 2.67. The van der Waals surface area contributed by atoms with E-state index in [4.69, 9.17) is 9.47 Å². The molecule has 1 aromatic carbocycles. The molecule has 0 N–H and O–H groups in total. The number of thioether (sulfide) groups is 1. The minimum absolute atomic E-state index is 0.688. The van der Waals surface area contributed by atoms with Gasteiger partial charge in [0.05, 0.1) is 6.61 Å². The molecular formula is C10H14O2S. The van der Waals surface area contributed by atoms with Crippen LogP contribution in [0.1, 0.15) is 6.92 Å². The van der Waals surface area contributed by atoms with Crippen LogP contribution >= 0.6 is 11.8 Å². The molecule has 0 saturated heterocycles. The highest BCUT2D eigenvalue weighted by atomic mass is 32.2. The number of hydrogen-bond donors (Lipinski definition) is 0. The predicted molar refractivity (Wildman–Crippen MR) is 56.6 cm³/mol. The van der Waals surface area contributed by atoms with E-state index >= 15 is 0 Å². The number of ether oxygens (including phenoxy) is 2. The third-order valence-electron chi connectivity index (χ3n) is 1.48. The molecule has 0 atom stereocenters. The van der Waals surface area contributed by atoms with E-state index in [9.17, 15) is 0 Å². The van der Waals surface area contributed by atoms with Crippen LogP contribution in [0.3, 0.4) is 0 Å². The first kappa shape index (κ1) is 10.3. The van der Waals surface area contributed by atoms with Crippen LogP contribution in [0, 0.1) is 0 Å². The molecule has 1 rings (SSSR count). The normalized spacial score (nSPS) is 9.69. The predicted octanol–water partition coefficient (Wildman–Crippen LogP) is 2.78. The zero-order chi connectivity index (χ0) is 9.52. The zero-order valence-electron chi connectivity index (χ0n) is 7.95. The van der Waals surface area contributed by atoms with Crippen LogP contribution in [0.25, 0.3) is 0 Å². The Morgan fingerprint density at radius 3 is 2.08 bits per heavy atom. The smallest absolute Gasteiger partial charge is 0.133 e. The monoisotopic (exact) mass is 198 g/mol. The van der Waals surface area contributed by atoms with E-state index in [0.29, 0.717) is 12.5 Å². The van der Waals surface area contributed by atoms with Crippen molar-refractivity contribution >= 4 is 11.8 Å². The molecule has 1 aromatic rings. The third-order valence-corrected chi connectivity index (χ3v) is 1.83. The second-order valence-electron chi connectivity index (χ2n) is 2.46. The van der Waals surface area contributed by atoms with Gasteiger partial charge in [0.15, 0.2) is 0 Å². The van der Waals surface area contributed by atoms with E-state index in [1.54, 1.807) is 11.8 Å². The van der Waals surface area contributed by atoms with Gasteiger partial charge in [-0.3, -0.25) is 0 Å². The van der Waals surface area contributed by atoms with E-state index in [2.05, 4.69) is 0 Å². The van der Waals surface area contributed by atoms with Gasteiger partial charge in [0.25, 0.3) is 0 Å². The fourth-order valence-corrected chi connectivity index (χ4v) is 1.18. The Kier molecular flexibility index (Phi) is 4.54. The molecule has 0 aliphatic rings. The van der Waals surface area contributed by atoms with Crippen molar-refractivity contribution in [3.8, 4) is 11.5 Å². The van der Waals surface area contributed by atoms with Crippen molar-refractivity contribution in [3.63, 3.8) is 0 Å². The maximum Gasteiger partial charge on any atom is 0.133 e. The molecule has 0 bridgehead atoms. The molecule has 3 heteroatoms. The van der Waals surface area contributed by atoms with Gasteiger partial charge in [-0.1, -0.05) is 0 Å². The highest BCUT2D eigenvalue weighted by Crippen LogP contribution is 2.17. The van der Waals surface area contributed by atoms with Crippen LogP contribution < -0.4 is 9.47 Å². The number of rotatable bonds is 5. The summed E-state index contributed by atoms with van der Waals surface area (Å²) in [5, 5.41) is 0. The van der Waals surface area contributed by atoms with Gasteiger partial charge in [-0.2, -0.15) is 0 Å². The van der Waals surface area contributed by atoms with Gasteiger partial charge in [0.2, 0.25) is 0 Å². The molecule has 0 amide bonds. The first-order valence-corrected chi connectivity index (χ1v) is 5.60. The summed E-state index contributed by atoms with van der Waals surface area (Å²) in [5.74, 6) is 2.46. The van der Waals surface area contributed by atoms with Crippen LogP contribution in [0.2, 0.25) is 0 Å². The Balaban J connectivity index is 2.48. The summed E-state index contributed by atoms with van der Waals surface area (Å²) in [5.41, 5.74) is 0. The lowest BCUT2D eigenvalue weighted by molar-refractivity contribution is 0.338. The van der Waals surface area contributed by atoms with Gasteiger partial charge < -0.3 is 9.47 Å². The van der Waals surface area contributed by atoms with E-state index in [1.165, 1.54) is 0 Å².